The minimum Gasteiger partial charge on any atom is -0.325 e. The van der Waals surface area contributed by atoms with Gasteiger partial charge in [-0.25, -0.2) is 0 Å². The van der Waals surface area contributed by atoms with Crippen molar-refractivity contribution in [2.75, 3.05) is 6.67 Å². The molecule has 1 fully saturated rings. The van der Waals surface area contributed by atoms with Crippen LogP contribution in [0.1, 0.15) is 19.3 Å². The van der Waals surface area contributed by atoms with Gasteiger partial charge < -0.3 is 5.73 Å². The predicted molar refractivity (Wildman–Crippen MR) is 34.0 cm³/mol. The molecule has 8 heavy (non-hydrogen) atoms. The fourth-order valence-electron chi connectivity index (χ4n) is 0.599. The van der Waals surface area contributed by atoms with Gasteiger partial charge in [-0.3, -0.25) is 4.39 Å². The van der Waals surface area contributed by atoms with E-state index in [1.807, 2.05) is 0 Å². The Morgan fingerprint density at radius 1 is 1.50 bits per heavy atom. The molecular weight excluding hydrogens is 129 g/mol. The average Bonchev–Trinajstić information content (AvgIpc) is 2.22. The fraction of sp³-hybridized carbons (Fsp3) is 1.00. The van der Waals surface area contributed by atoms with Crippen molar-refractivity contribution < 1.29 is 4.39 Å². The summed E-state index contributed by atoms with van der Waals surface area (Å²) < 4.78 is 11.4. The first-order chi connectivity index (χ1) is 3.27. The highest BCUT2D eigenvalue weighted by Crippen LogP contribution is 2.35. The van der Waals surface area contributed by atoms with Crippen molar-refractivity contribution in [3.63, 3.8) is 0 Å². The summed E-state index contributed by atoms with van der Waals surface area (Å²) in [4.78, 5) is 0. The van der Waals surface area contributed by atoms with Crippen LogP contribution in [0.25, 0.3) is 0 Å². The molecule has 1 nitrogen and oxygen atoms in total. The van der Waals surface area contributed by atoms with Gasteiger partial charge in [0.15, 0.2) is 0 Å². The summed E-state index contributed by atoms with van der Waals surface area (Å²) in [5.41, 5.74) is 5.44. The predicted octanol–water partition coefficient (Wildman–Crippen LogP) is 1.26. The number of rotatable bonds is 2. The Bertz CT molecular complexity index is 72.8. The summed E-state index contributed by atoms with van der Waals surface area (Å²) in [5, 5.41) is 0. The van der Waals surface area contributed by atoms with E-state index in [4.69, 9.17) is 5.73 Å². The molecule has 0 aliphatic heterocycles. The largest absolute Gasteiger partial charge is 0.325 e. The number of nitrogens with two attached hydrogens (primary N) is 1. The summed E-state index contributed by atoms with van der Waals surface area (Å²) in [7, 11) is 0. The molecule has 0 aromatic rings. The lowest BCUT2D eigenvalue weighted by atomic mass is 10.2. The van der Waals surface area contributed by atoms with E-state index < -0.39 is 0 Å². The van der Waals surface area contributed by atoms with E-state index in [1.54, 1.807) is 0 Å². The van der Waals surface area contributed by atoms with Gasteiger partial charge in [-0.1, -0.05) is 0 Å². The van der Waals surface area contributed by atoms with Crippen LogP contribution in [0.5, 0.6) is 0 Å². The van der Waals surface area contributed by atoms with Crippen LogP contribution in [0.15, 0.2) is 0 Å². The first kappa shape index (κ1) is 8.18. The van der Waals surface area contributed by atoms with Crippen molar-refractivity contribution in [1.29, 1.82) is 0 Å². The Balaban J connectivity index is 0.000000490. The monoisotopic (exact) mass is 139 g/mol. The molecule has 2 N–H and O–H groups in total. The lowest BCUT2D eigenvalue weighted by Gasteiger charge is -2.00. The van der Waals surface area contributed by atoms with E-state index in [1.165, 1.54) is 0 Å². The maximum atomic E-state index is 11.4. The van der Waals surface area contributed by atoms with Gasteiger partial charge in [0, 0.05) is 5.54 Å². The molecule has 1 rings (SSSR count). The van der Waals surface area contributed by atoms with E-state index in [2.05, 4.69) is 0 Å². The van der Waals surface area contributed by atoms with Crippen LogP contribution in [-0.4, -0.2) is 12.2 Å². The normalized spacial score (nSPS) is 21.8. The molecule has 0 radical (unpaired) electrons. The smallest absolute Gasteiger partial charge is 0.0911 e. The molecule has 0 spiro atoms. The number of hydrogen-bond donors (Lipinski definition) is 1. The number of halogens is 2. The zero-order valence-electron chi connectivity index (χ0n) is 4.69. The molecule has 1 aliphatic rings. The van der Waals surface area contributed by atoms with Gasteiger partial charge in [0.25, 0.3) is 0 Å². The molecule has 0 heterocycles. The van der Waals surface area contributed by atoms with Crippen LogP contribution in [0.4, 0.5) is 4.39 Å². The first-order valence-corrected chi connectivity index (χ1v) is 2.62. The highest BCUT2D eigenvalue weighted by Gasteiger charge is 2.37. The van der Waals surface area contributed by atoms with Gasteiger partial charge in [0.2, 0.25) is 0 Å². The minimum atomic E-state index is -0.253. The van der Waals surface area contributed by atoms with Gasteiger partial charge in [-0.05, 0) is 19.3 Å². The second-order valence-electron chi connectivity index (χ2n) is 2.30. The summed E-state index contributed by atoms with van der Waals surface area (Å²) in [6.07, 6.45) is 2.61. The average molecular weight is 140 g/mol. The zero-order chi connectivity index (χ0) is 5.33. The molecule has 1 saturated carbocycles. The maximum Gasteiger partial charge on any atom is 0.0911 e. The lowest BCUT2D eigenvalue weighted by molar-refractivity contribution is 0.429. The molecule has 0 bridgehead atoms. The third kappa shape index (κ3) is 1.97. The molecular formula is C5H11ClFN. The van der Waals surface area contributed by atoms with Crippen molar-refractivity contribution in [3.8, 4) is 0 Å². The zero-order valence-corrected chi connectivity index (χ0v) is 5.51. The number of hydrogen-bond acceptors (Lipinski definition) is 1. The van der Waals surface area contributed by atoms with Crippen LogP contribution < -0.4 is 5.73 Å². The van der Waals surface area contributed by atoms with Crippen molar-refractivity contribution in [2.24, 2.45) is 5.73 Å². The highest BCUT2D eigenvalue weighted by atomic mass is 35.5. The molecule has 0 saturated heterocycles. The Hall–Kier alpha value is 0.180. The van der Waals surface area contributed by atoms with Crippen LogP contribution in [-0.2, 0) is 0 Å². The molecule has 50 valence electrons. The van der Waals surface area contributed by atoms with Gasteiger partial charge in [0.05, 0.1) is 6.67 Å². The summed E-state index contributed by atoms with van der Waals surface area (Å²) in [5.74, 6) is 0. The molecule has 3 heteroatoms. The standard InChI is InChI=1S/C5H10FN.ClH/c6-4-3-5(7)1-2-5;/h1-4,7H2;1H. The third-order valence-corrected chi connectivity index (χ3v) is 1.48. The Morgan fingerprint density at radius 3 is 2.12 bits per heavy atom. The van der Waals surface area contributed by atoms with Crippen LogP contribution in [0.2, 0.25) is 0 Å². The Morgan fingerprint density at radius 2 is 2.00 bits per heavy atom. The van der Waals surface area contributed by atoms with Gasteiger partial charge >= 0.3 is 0 Å². The fourth-order valence-corrected chi connectivity index (χ4v) is 0.599. The van der Waals surface area contributed by atoms with E-state index >= 15 is 0 Å². The van der Waals surface area contributed by atoms with Crippen molar-refractivity contribution >= 4 is 12.4 Å². The molecule has 0 aromatic carbocycles. The second kappa shape index (κ2) is 2.65. The van der Waals surface area contributed by atoms with E-state index in [-0.39, 0.29) is 24.6 Å². The second-order valence-corrected chi connectivity index (χ2v) is 2.30. The third-order valence-electron chi connectivity index (χ3n) is 1.48. The van der Waals surface area contributed by atoms with Crippen molar-refractivity contribution in [2.45, 2.75) is 24.8 Å². The lowest BCUT2D eigenvalue weighted by Crippen LogP contribution is -2.21. The molecule has 0 unspecified atom stereocenters. The summed E-state index contributed by atoms with van der Waals surface area (Å²) in [6.45, 7) is -0.253. The molecule has 0 atom stereocenters. The minimum absolute atomic E-state index is 0. The first-order valence-electron chi connectivity index (χ1n) is 2.62. The summed E-state index contributed by atoms with van der Waals surface area (Å²) in [6, 6.07) is 0. The van der Waals surface area contributed by atoms with E-state index in [9.17, 15) is 4.39 Å². The van der Waals surface area contributed by atoms with Crippen molar-refractivity contribution in [1.82, 2.24) is 0 Å². The van der Waals surface area contributed by atoms with Crippen LogP contribution >= 0.6 is 12.4 Å². The van der Waals surface area contributed by atoms with Gasteiger partial charge in [-0.15, -0.1) is 12.4 Å². The topological polar surface area (TPSA) is 26.0 Å². The van der Waals surface area contributed by atoms with E-state index in [0.717, 1.165) is 12.8 Å². The van der Waals surface area contributed by atoms with Gasteiger partial charge in [0.1, 0.15) is 0 Å². The quantitative estimate of drug-likeness (QED) is 0.613. The van der Waals surface area contributed by atoms with Crippen LogP contribution in [0.3, 0.4) is 0 Å². The SMILES string of the molecule is Cl.NC1(CCF)CC1. The Kier molecular flexibility index (Phi) is 2.71. The van der Waals surface area contributed by atoms with E-state index in [0.29, 0.717) is 6.42 Å². The highest BCUT2D eigenvalue weighted by molar-refractivity contribution is 5.85. The molecule has 0 amide bonds. The Labute approximate surface area is 54.9 Å². The number of alkyl halides is 1. The maximum absolute atomic E-state index is 11.4. The summed E-state index contributed by atoms with van der Waals surface area (Å²) >= 11 is 0. The molecule has 1 aliphatic carbocycles. The van der Waals surface area contributed by atoms with Gasteiger partial charge in [-0.2, -0.15) is 0 Å². The molecule has 0 aromatic heterocycles. The van der Waals surface area contributed by atoms with Crippen molar-refractivity contribution in [3.05, 3.63) is 0 Å². The van der Waals surface area contributed by atoms with Crippen LogP contribution in [0, 0.1) is 0 Å².